The van der Waals surface area contributed by atoms with E-state index in [1.165, 1.54) is 24.0 Å². The van der Waals surface area contributed by atoms with Gasteiger partial charge in [0.2, 0.25) is 0 Å². The Bertz CT molecular complexity index is 645. The molecule has 0 aliphatic heterocycles. The predicted molar refractivity (Wildman–Crippen MR) is 68.6 cm³/mol. The van der Waals surface area contributed by atoms with E-state index in [1.54, 1.807) is 16.8 Å². The first-order valence-corrected chi connectivity index (χ1v) is 7.92. The van der Waals surface area contributed by atoms with Gasteiger partial charge in [0.25, 0.3) is 10.0 Å². The van der Waals surface area contributed by atoms with Crippen molar-refractivity contribution >= 4 is 44.4 Å². The van der Waals surface area contributed by atoms with Crippen LogP contribution in [0.25, 0.3) is 0 Å². The molecule has 0 amide bonds. The van der Waals surface area contributed by atoms with Crippen molar-refractivity contribution in [3.8, 4) is 0 Å². The monoisotopic (exact) mass is 304 g/mol. The quantitative estimate of drug-likeness (QED) is 0.870. The summed E-state index contributed by atoms with van der Waals surface area (Å²) in [6.07, 6.45) is 0. The first-order valence-electron chi connectivity index (χ1n) is 4.61. The third-order valence-corrected chi connectivity index (χ3v) is 5.37. The number of sulfonamides is 1. The molecule has 0 radical (unpaired) electrons. The van der Waals surface area contributed by atoms with Crippen molar-refractivity contribution in [2.24, 2.45) is 0 Å². The van der Waals surface area contributed by atoms with Gasteiger partial charge < -0.3 is 4.74 Å². The number of hydrogen-bond donors (Lipinski definition) is 1. The summed E-state index contributed by atoms with van der Waals surface area (Å²) in [6, 6.07) is 1.63. The van der Waals surface area contributed by atoms with E-state index in [-0.39, 0.29) is 9.90 Å². The molecule has 2 rings (SSSR count). The number of thiophene rings is 1. The van der Waals surface area contributed by atoms with Crippen LogP contribution in [0, 0.1) is 0 Å². The van der Waals surface area contributed by atoms with Crippen LogP contribution in [0.15, 0.2) is 26.5 Å². The van der Waals surface area contributed by atoms with E-state index in [9.17, 15) is 13.2 Å². The van der Waals surface area contributed by atoms with Gasteiger partial charge >= 0.3 is 5.97 Å². The topological polar surface area (TPSA) is 85.4 Å². The van der Waals surface area contributed by atoms with Gasteiger partial charge in [-0.1, -0.05) is 0 Å². The van der Waals surface area contributed by atoms with Crippen LogP contribution in [0.1, 0.15) is 10.5 Å². The van der Waals surface area contributed by atoms with E-state index in [0.717, 1.165) is 11.3 Å². The zero-order chi connectivity index (χ0) is 13.2. The van der Waals surface area contributed by atoms with Crippen LogP contribution in [0.3, 0.4) is 0 Å². The van der Waals surface area contributed by atoms with Gasteiger partial charge in [-0.25, -0.2) is 18.2 Å². The lowest BCUT2D eigenvalue weighted by molar-refractivity contribution is 0.0590. The third kappa shape index (κ3) is 2.52. The molecule has 6 nitrogen and oxygen atoms in total. The number of anilines is 1. The molecule has 96 valence electrons. The number of thiazole rings is 1. The molecule has 0 aliphatic rings. The molecular weight excluding hydrogens is 296 g/mol. The molecule has 0 aromatic carbocycles. The minimum absolute atomic E-state index is 0.152. The fourth-order valence-corrected chi connectivity index (χ4v) is 4.03. The average molecular weight is 304 g/mol. The van der Waals surface area contributed by atoms with Crippen LogP contribution in [0.5, 0.6) is 0 Å². The molecular formula is C9H8N2O4S3. The Morgan fingerprint density at radius 3 is 2.89 bits per heavy atom. The Kier molecular flexibility index (Phi) is 3.64. The van der Waals surface area contributed by atoms with Crippen molar-refractivity contribution in [3.05, 3.63) is 28.0 Å². The summed E-state index contributed by atoms with van der Waals surface area (Å²) < 4.78 is 30.8. The molecule has 0 saturated carbocycles. The summed E-state index contributed by atoms with van der Waals surface area (Å²) in [5.74, 6) is -0.776. The summed E-state index contributed by atoms with van der Waals surface area (Å²) in [6.45, 7) is 0. The van der Waals surface area contributed by atoms with Crippen LogP contribution in [-0.2, 0) is 14.8 Å². The van der Waals surface area contributed by atoms with Crippen molar-refractivity contribution in [2.75, 3.05) is 11.8 Å². The second-order valence-electron chi connectivity index (χ2n) is 3.10. The second-order valence-corrected chi connectivity index (χ2v) is 6.61. The van der Waals surface area contributed by atoms with E-state index in [2.05, 4.69) is 14.4 Å². The minimum Gasteiger partial charge on any atom is -0.464 e. The number of carbonyl (C=O) groups is 1. The van der Waals surface area contributed by atoms with Gasteiger partial charge in [0.1, 0.15) is 0 Å². The van der Waals surface area contributed by atoms with Crippen LogP contribution in [0.4, 0.5) is 5.69 Å². The summed E-state index contributed by atoms with van der Waals surface area (Å²) in [5.41, 5.74) is 1.53. The lowest BCUT2D eigenvalue weighted by Crippen LogP contribution is -2.15. The molecule has 18 heavy (non-hydrogen) atoms. The van der Waals surface area contributed by atoms with E-state index in [4.69, 9.17) is 0 Å². The molecule has 1 N–H and O–H groups in total. The Labute approximate surface area is 111 Å². The molecule has 0 bridgehead atoms. The number of rotatable bonds is 4. The molecule has 0 saturated heterocycles. The second kappa shape index (κ2) is 5.04. The van der Waals surface area contributed by atoms with Crippen LogP contribution < -0.4 is 4.72 Å². The Hall–Kier alpha value is -1.45. The maximum absolute atomic E-state index is 12.1. The highest BCUT2D eigenvalue weighted by molar-refractivity contribution is 7.94. The molecule has 0 atom stereocenters. The Morgan fingerprint density at radius 1 is 1.50 bits per heavy atom. The number of nitrogens with one attached hydrogen (secondary N) is 1. The van der Waals surface area contributed by atoms with Crippen molar-refractivity contribution in [3.63, 3.8) is 0 Å². The van der Waals surface area contributed by atoms with Crippen LogP contribution in [-0.4, -0.2) is 26.5 Å². The van der Waals surface area contributed by atoms with E-state index >= 15 is 0 Å². The summed E-state index contributed by atoms with van der Waals surface area (Å²) in [7, 11) is -2.64. The highest BCUT2D eigenvalue weighted by atomic mass is 32.2. The van der Waals surface area contributed by atoms with Crippen LogP contribution >= 0.6 is 22.7 Å². The van der Waals surface area contributed by atoms with Crippen molar-refractivity contribution in [2.45, 2.75) is 4.21 Å². The van der Waals surface area contributed by atoms with Crippen LogP contribution in [0.2, 0.25) is 0 Å². The van der Waals surface area contributed by atoms with Gasteiger partial charge in [0.05, 0.1) is 18.3 Å². The average Bonchev–Trinajstić information content (AvgIpc) is 2.97. The highest BCUT2D eigenvalue weighted by Crippen LogP contribution is 2.24. The predicted octanol–water partition coefficient (Wildman–Crippen LogP) is 1.79. The Morgan fingerprint density at radius 2 is 2.28 bits per heavy atom. The molecule has 2 heterocycles. The maximum Gasteiger partial charge on any atom is 0.358 e. The largest absolute Gasteiger partial charge is 0.464 e. The molecule has 0 fully saturated rings. The van der Waals surface area contributed by atoms with Gasteiger partial charge in [-0.3, -0.25) is 4.72 Å². The molecule has 9 heteroatoms. The number of hydrogen-bond acceptors (Lipinski definition) is 7. The lowest BCUT2D eigenvalue weighted by atomic mass is 10.5. The van der Waals surface area contributed by atoms with Gasteiger partial charge in [-0.2, -0.15) is 11.3 Å². The van der Waals surface area contributed by atoms with E-state index in [1.807, 2.05) is 0 Å². The van der Waals surface area contributed by atoms with E-state index in [0.29, 0.717) is 5.69 Å². The molecule has 2 aromatic rings. The number of nitrogens with zero attached hydrogens (tertiary/aromatic N) is 1. The van der Waals surface area contributed by atoms with Gasteiger partial charge in [0.15, 0.2) is 9.90 Å². The first-order chi connectivity index (χ1) is 8.54. The zero-order valence-electron chi connectivity index (χ0n) is 9.11. The highest BCUT2D eigenvalue weighted by Gasteiger charge is 2.26. The molecule has 0 aliphatic carbocycles. The number of esters is 1. The molecule has 0 unspecified atom stereocenters. The zero-order valence-corrected chi connectivity index (χ0v) is 11.6. The molecule has 0 spiro atoms. The fourth-order valence-electron chi connectivity index (χ4n) is 1.18. The number of carbonyl (C=O) groups excluding carboxylic acids is 1. The lowest BCUT2D eigenvalue weighted by Gasteiger charge is -2.04. The van der Waals surface area contributed by atoms with E-state index < -0.39 is 16.0 Å². The van der Waals surface area contributed by atoms with Gasteiger partial charge in [-0.15, -0.1) is 11.3 Å². The number of aromatic nitrogens is 1. The summed E-state index contributed by atoms with van der Waals surface area (Å²) >= 11 is 2.22. The smallest absolute Gasteiger partial charge is 0.358 e. The fraction of sp³-hybridized carbons (Fsp3) is 0.111. The minimum atomic E-state index is -3.81. The Balaban J connectivity index is 2.36. The van der Waals surface area contributed by atoms with Crippen molar-refractivity contribution in [1.82, 2.24) is 4.98 Å². The van der Waals surface area contributed by atoms with Crippen molar-refractivity contribution < 1.29 is 17.9 Å². The van der Waals surface area contributed by atoms with Gasteiger partial charge in [-0.05, 0) is 11.4 Å². The number of ether oxygens (including phenoxy) is 1. The summed E-state index contributed by atoms with van der Waals surface area (Å²) in [4.78, 5) is 15.1. The number of methoxy groups -OCH3 is 1. The third-order valence-electron chi connectivity index (χ3n) is 1.93. The normalized spacial score (nSPS) is 11.2. The van der Waals surface area contributed by atoms with Gasteiger partial charge in [0, 0.05) is 5.38 Å². The SMILES string of the molecule is COC(=O)c1ncsc1S(=O)(=O)Nc1ccsc1. The maximum atomic E-state index is 12.1. The summed E-state index contributed by atoms with van der Waals surface area (Å²) in [5, 5.41) is 3.39. The standard InChI is InChI=1S/C9H8N2O4S3/c1-15-8(12)7-9(17-5-10-7)18(13,14)11-6-2-3-16-4-6/h2-5,11H,1H3. The van der Waals surface area contributed by atoms with Crippen molar-refractivity contribution in [1.29, 1.82) is 0 Å². The first kappa shape index (κ1) is 13.0. The molecule has 2 aromatic heterocycles.